The second-order valence-electron chi connectivity index (χ2n) is 6.29. The standard InChI is InChI=1S/C16H19FN2O3/c1-10-7-11(14(20)21)3-4-13(10)19-9-12-8-18(2)6-5-16(12,17)15(19)22/h3-4,7,12H,5-6,8-9H2,1-2H3,(H,20,21)/t12-,16+/m1/s1. The summed E-state index contributed by atoms with van der Waals surface area (Å²) in [6.07, 6.45) is 0.218. The smallest absolute Gasteiger partial charge is 0.335 e. The lowest BCUT2D eigenvalue weighted by Gasteiger charge is -2.34. The molecule has 1 aromatic carbocycles. The molecule has 118 valence electrons. The first-order valence-electron chi connectivity index (χ1n) is 7.36. The molecule has 0 bridgehead atoms. The van der Waals surface area contributed by atoms with Crippen LogP contribution in [0.4, 0.5) is 10.1 Å². The van der Waals surface area contributed by atoms with E-state index in [9.17, 15) is 9.59 Å². The van der Waals surface area contributed by atoms with Crippen molar-refractivity contribution in [3.8, 4) is 0 Å². The van der Waals surface area contributed by atoms with E-state index in [1.54, 1.807) is 13.0 Å². The number of aromatic carboxylic acids is 1. The lowest BCUT2D eigenvalue weighted by atomic mass is 9.85. The fraction of sp³-hybridized carbons (Fsp3) is 0.500. The monoisotopic (exact) mass is 306 g/mol. The van der Waals surface area contributed by atoms with Crippen molar-refractivity contribution in [2.24, 2.45) is 5.92 Å². The number of piperidine rings is 1. The van der Waals surface area contributed by atoms with Gasteiger partial charge in [0, 0.05) is 37.7 Å². The Labute approximate surface area is 128 Å². The Morgan fingerprint density at radius 2 is 2.14 bits per heavy atom. The fourth-order valence-corrected chi connectivity index (χ4v) is 3.48. The minimum absolute atomic E-state index is 0.167. The summed E-state index contributed by atoms with van der Waals surface area (Å²) in [7, 11) is 1.93. The maximum absolute atomic E-state index is 15.1. The van der Waals surface area contributed by atoms with E-state index in [1.165, 1.54) is 17.0 Å². The van der Waals surface area contributed by atoms with Crippen LogP contribution in [0.25, 0.3) is 0 Å². The Morgan fingerprint density at radius 3 is 2.77 bits per heavy atom. The molecular formula is C16H19FN2O3. The van der Waals surface area contributed by atoms with Crippen molar-refractivity contribution in [1.29, 1.82) is 0 Å². The van der Waals surface area contributed by atoms with Crippen molar-refractivity contribution < 1.29 is 19.1 Å². The molecule has 2 atom stereocenters. The van der Waals surface area contributed by atoms with Gasteiger partial charge in [0.15, 0.2) is 5.67 Å². The van der Waals surface area contributed by atoms with Gasteiger partial charge in [0.05, 0.1) is 5.56 Å². The molecule has 1 aromatic rings. The minimum atomic E-state index is -1.79. The van der Waals surface area contributed by atoms with Crippen LogP contribution in [0.5, 0.6) is 0 Å². The number of rotatable bonds is 2. The first kappa shape index (κ1) is 15.0. The third-order valence-corrected chi connectivity index (χ3v) is 4.77. The quantitative estimate of drug-likeness (QED) is 0.903. The molecule has 6 heteroatoms. The number of aryl methyl sites for hydroxylation is 1. The maximum Gasteiger partial charge on any atom is 0.335 e. The third kappa shape index (κ3) is 2.18. The average Bonchev–Trinajstić information content (AvgIpc) is 2.71. The summed E-state index contributed by atoms with van der Waals surface area (Å²) in [6, 6.07) is 4.57. The van der Waals surface area contributed by atoms with Crippen molar-refractivity contribution in [2.45, 2.75) is 19.0 Å². The lowest BCUT2D eigenvalue weighted by Crippen LogP contribution is -2.49. The summed E-state index contributed by atoms with van der Waals surface area (Å²) in [5, 5.41) is 9.01. The Bertz CT molecular complexity index is 648. The number of hydrogen-bond acceptors (Lipinski definition) is 3. The van der Waals surface area contributed by atoms with Crippen LogP contribution < -0.4 is 4.90 Å². The second kappa shape index (κ2) is 5.05. The molecule has 2 heterocycles. The summed E-state index contributed by atoms with van der Waals surface area (Å²) in [4.78, 5) is 27.1. The fourth-order valence-electron chi connectivity index (χ4n) is 3.48. The molecule has 0 spiro atoms. The zero-order chi connectivity index (χ0) is 16.1. The van der Waals surface area contributed by atoms with Gasteiger partial charge in [-0.2, -0.15) is 0 Å². The molecule has 0 aromatic heterocycles. The van der Waals surface area contributed by atoms with E-state index in [-0.39, 0.29) is 17.9 Å². The number of carboxylic acid groups (broad SMARTS) is 1. The second-order valence-corrected chi connectivity index (χ2v) is 6.29. The SMILES string of the molecule is Cc1cc(C(=O)O)ccc1N1C[C@H]2CN(C)CC[C@@]2(F)C1=O. The number of alkyl halides is 1. The highest BCUT2D eigenvalue weighted by molar-refractivity contribution is 6.03. The number of anilines is 1. The van der Waals surface area contributed by atoms with Gasteiger partial charge < -0.3 is 14.9 Å². The third-order valence-electron chi connectivity index (χ3n) is 4.77. The van der Waals surface area contributed by atoms with E-state index in [2.05, 4.69) is 0 Å². The van der Waals surface area contributed by atoms with E-state index >= 15 is 4.39 Å². The average molecular weight is 306 g/mol. The molecule has 2 aliphatic heterocycles. The van der Waals surface area contributed by atoms with Crippen LogP contribution in [0.1, 0.15) is 22.3 Å². The van der Waals surface area contributed by atoms with Gasteiger partial charge in [0.2, 0.25) is 0 Å². The van der Waals surface area contributed by atoms with Crippen molar-refractivity contribution in [2.75, 3.05) is 31.6 Å². The minimum Gasteiger partial charge on any atom is -0.478 e. The molecule has 5 nitrogen and oxygen atoms in total. The summed E-state index contributed by atoms with van der Waals surface area (Å²) in [5.74, 6) is -1.84. The first-order valence-corrected chi connectivity index (χ1v) is 7.36. The van der Waals surface area contributed by atoms with Crippen molar-refractivity contribution in [1.82, 2.24) is 4.90 Å². The van der Waals surface area contributed by atoms with E-state index in [0.29, 0.717) is 30.9 Å². The Kier molecular flexibility index (Phi) is 3.44. The number of benzene rings is 1. The Morgan fingerprint density at radius 1 is 1.41 bits per heavy atom. The van der Waals surface area contributed by atoms with Crippen LogP contribution in [0.15, 0.2) is 18.2 Å². The van der Waals surface area contributed by atoms with Gasteiger partial charge in [-0.15, -0.1) is 0 Å². The van der Waals surface area contributed by atoms with Gasteiger partial charge >= 0.3 is 5.97 Å². The maximum atomic E-state index is 15.1. The molecule has 0 unspecified atom stereocenters. The van der Waals surface area contributed by atoms with Crippen LogP contribution in [0, 0.1) is 12.8 Å². The lowest BCUT2D eigenvalue weighted by molar-refractivity contribution is -0.131. The molecule has 2 aliphatic rings. The summed E-state index contributed by atoms with van der Waals surface area (Å²) in [6.45, 7) is 3.22. The predicted octanol–water partition coefficient (Wildman–Crippen LogP) is 1.70. The highest BCUT2D eigenvalue weighted by Crippen LogP contribution is 2.41. The molecule has 0 aliphatic carbocycles. The number of nitrogens with zero attached hydrogens (tertiary/aromatic N) is 2. The van der Waals surface area contributed by atoms with Gasteiger partial charge in [-0.1, -0.05) is 0 Å². The molecule has 0 saturated carbocycles. The topological polar surface area (TPSA) is 60.9 Å². The number of carbonyl (C=O) groups is 2. The van der Waals surface area contributed by atoms with Gasteiger partial charge in [0.1, 0.15) is 0 Å². The zero-order valence-corrected chi connectivity index (χ0v) is 12.7. The van der Waals surface area contributed by atoms with E-state index < -0.39 is 17.5 Å². The zero-order valence-electron chi connectivity index (χ0n) is 12.7. The van der Waals surface area contributed by atoms with Gasteiger partial charge in [-0.25, -0.2) is 9.18 Å². The number of amides is 1. The van der Waals surface area contributed by atoms with Crippen molar-refractivity contribution >= 4 is 17.6 Å². The molecule has 3 rings (SSSR count). The van der Waals surface area contributed by atoms with Crippen LogP contribution in [-0.2, 0) is 4.79 Å². The molecule has 0 radical (unpaired) electrons. The predicted molar refractivity (Wildman–Crippen MR) is 79.9 cm³/mol. The van der Waals surface area contributed by atoms with Gasteiger partial charge in [-0.3, -0.25) is 4.79 Å². The summed E-state index contributed by atoms with van der Waals surface area (Å²) >= 11 is 0. The number of carboxylic acids is 1. The molecule has 1 amide bonds. The van der Waals surface area contributed by atoms with Crippen molar-refractivity contribution in [3.63, 3.8) is 0 Å². The van der Waals surface area contributed by atoms with E-state index in [1.807, 2.05) is 11.9 Å². The van der Waals surface area contributed by atoms with E-state index in [0.717, 1.165) is 0 Å². The number of carbonyl (C=O) groups excluding carboxylic acids is 1. The number of likely N-dealkylation sites (tertiary alicyclic amines) is 1. The van der Waals surface area contributed by atoms with Gasteiger partial charge in [-0.05, 0) is 37.7 Å². The normalized spacial score (nSPS) is 28.8. The summed E-state index contributed by atoms with van der Waals surface area (Å²) in [5.41, 5.74) is -0.349. The Balaban J connectivity index is 1.93. The highest BCUT2D eigenvalue weighted by Gasteiger charge is 2.57. The molecule has 2 fully saturated rings. The van der Waals surface area contributed by atoms with Crippen LogP contribution in [-0.4, -0.2) is 54.2 Å². The van der Waals surface area contributed by atoms with Crippen LogP contribution in [0.2, 0.25) is 0 Å². The first-order chi connectivity index (χ1) is 10.3. The molecule has 22 heavy (non-hydrogen) atoms. The highest BCUT2D eigenvalue weighted by atomic mass is 19.1. The van der Waals surface area contributed by atoms with E-state index in [4.69, 9.17) is 5.11 Å². The molecular weight excluding hydrogens is 287 g/mol. The number of fused-ring (bicyclic) bond motifs is 1. The molecule has 2 saturated heterocycles. The summed E-state index contributed by atoms with van der Waals surface area (Å²) < 4.78 is 15.1. The number of halogens is 1. The number of hydrogen-bond donors (Lipinski definition) is 1. The van der Waals surface area contributed by atoms with Crippen molar-refractivity contribution in [3.05, 3.63) is 29.3 Å². The van der Waals surface area contributed by atoms with Gasteiger partial charge in [0.25, 0.3) is 5.91 Å². The van der Waals surface area contributed by atoms with Crippen LogP contribution >= 0.6 is 0 Å². The molecule has 1 N–H and O–H groups in total. The Hall–Kier alpha value is -1.95. The largest absolute Gasteiger partial charge is 0.478 e. The van der Waals surface area contributed by atoms with Crippen LogP contribution in [0.3, 0.4) is 0 Å².